The van der Waals surface area contributed by atoms with Crippen LogP contribution in [0, 0.1) is 6.92 Å². The van der Waals surface area contributed by atoms with E-state index in [1.807, 2.05) is 6.92 Å². The molecule has 0 saturated carbocycles. The monoisotopic (exact) mass is 298 g/mol. The van der Waals surface area contributed by atoms with Crippen molar-refractivity contribution in [2.24, 2.45) is 0 Å². The van der Waals surface area contributed by atoms with Crippen molar-refractivity contribution in [1.29, 1.82) is 0 Å². The van der Waals surface area contributed by atoms with Crippen molar-refractivity contribution in [2.45, 2.75) is 46.3 Å². The summed E-state index contributed by atoms with van der Waals surface area (Å²) in [4.78, 5) is 19.5. The van der Waals surface area contributed by atoms with Gasteiger partial charge in [0.15, 0.2) is 10.8 Å². The van der Waals surface area contributed by atoms with Crippen molar-refractivity contribution in [3.05, 3.63) is 10.6 Å². The molecule has 1 aromatic rings. The highest BCUT2D eigenvalue weighted by Gasteiger charge is 2.29. The third kappa shape index (κ3) is 3.12. The number of rotatable bonds is 4. The number of ether oxygens (including phenoxy) is 2. The highest BCUT2D eigenvalue weighted by molar-refractivity contribution is 7.15. The van der Waals surface area contributed by atoms with E-state index in [0.717, 1.165) is 23.0 Å². The summed E-state index contributed by atoms with van der Waals surface area (Å²) in [6.07, 6.45) is 1.19. The summed E-state index contributed by atoms with van der Waals surface area (Å²) in [5, 5.41) is 0.896. The molecule has 2 unspecified atom stereocenters. The van der Waals surface area contributed by atoms with Crippen LogP contribution in [0.1, 0.15) is 42.6 Å². The highest BCUT2D eigenvalue weighted by atomic mass is 32.1. The first-order valence-corrected chi connectivity index (χ1v) is 7.91. The summed E-state index contributed by atoms with van der Waals surface area (Å²) in [6.45, 7) is 9.82. The van der Waals surface area contributed by atoms with Gasteiger partial charge in [-0.3, -0.25) is 0 Å². The zero-order valence-corrected chi connectivity index (χ0v) is 13.3. The Balaban J connectivity index is 2.23. The molecular weight excluding hydrogens is 276 g/mol. The summed E-state index contributed by atoms with van der Waals surface area (Å²) in [7, 11) is 0. The molecule has 112 valence electrons. The van der Waals surface area contributed by atoms with Crippen LogP contribution in [0.25, 0.3) is 0 Å². The average molecular weight is 298 g/mol. The molecule has 0 radical (unpaired) electrons. The predicted octanol–water partition coefficient (Wildman–Crippen LogP) is 2.63. The predicted molar refractivity (Wildman–Crippen MR) is 79.6 cm³/mol. The average Bonchev–Trinajstić information content (AvgIpc) is 2.81. The molecule has 2 atom stereocenters. The van der Waals surface area contributed by atoms with Gasteiger partial charge in [0.1, 0.15) is 0 Å². The van der Waals surface area contributed by atoms with Gasteiger partial charge in [0, 0.05) is 11.4 Å². The van der Waals surface area contributed by atoms with Gasteiger partial charge in [0.2, 0.25) is 0 Å². The molecule has 0 N–H and O–H groups in total. The molecule has 1 aromatic heterocycles. The van der Waals surface area contributed by atoms with Crippen molar-refractivity contribution in [3.63, 3.8) is 0 Å². The molecule has 0 amide bonds. The molecule has 20 heavy (non-hydrogen) atoms. The Morgan fingerprint density at radius 1 is 1.55 bits per heavy atom. The lowest BCUT2D eigenvalue weighted by Gasteiger charge is -2.38. The Labute approximate surface area is 123 Å². The van der Waals surface area contributed by atoms with Crippen molar-refractivity contribution < 1.29 is 14.3 Å². The third-order valence-corrected chi connectivity index (χ3v) is 4.45. The minimum atomic E-state index is -0.332. The second kappa shape index (κ2) is 6.54. The number of hydrogen-bond acceptors (Lipinski definition) is 6. The largest absolute Gasteiger partial charge is 0.461 e. The van der Waals surface area contributed by atoms with E-state index in [-0.39, 0.29) is 12.1 Å². The number of hydrogen-bond donors (Lipinski definition) is 0. The maximum atomic E-state index is 11.9. The number of nitrogens with zero attached hydrogens (tertiary/aromatic N) is 2. The van der Waals surface area contributed by atoms with E-state index in [2.05, 4.69) is 23.7 Å². The van der Waals surface area contributed by atoms with Gasteiger partial charge in [-0.15, -0.1) is 11.3 Å². The fraction of sp³-hybridized carbons (Fsp3) is 0.714. The van der Waals surface area contributed by atoms with E-state index < -0.39 is 0 Å². The minimum absolute atomic E-state index is 0.188. The minimum Gasteiger partial charge on any atom is -0.461 e. The number of morpholine rings is 1. The van der Waals surface area contributed by atoms with Crippen molar-refractivity contribution in [3.8, 4) is 0 Å². The first kappa shape index (κ1) is 15.3. The van der Waals surface area contributed by atoms with Crippen LogP contribution in [0.2, 0.25) is 0 Å². The molecule has 1 fully saturated rings. The van der Waals surface area contributed by atoms with Gasteiger partial charge in [0.25, 0.3) is 0 Å². The van der Waals surface area contributed by atoms with Crippen LogP contribution in [0.5, 0.6) is 0 Å². The summed E-state index contributed by atoms with van der Waals surface area (Å²) < 4.78 is 10.7. The summed E-state index contributed by atoms with van der Waals surface area (Å²) >= 11 is 1.55. The summed E-state index contributed by atoms with van der Waals surface area (Å²) in [5.74, 6) is -0.332. The van der Waals surface area contributed by atoms with Crippen LogP contribution < -0.4 is 4.90 Å². The maximum Gasteiger partial charge on any atom is 0.358 e. The topological polar surface area (TPSA) is 51.7 Å². The summed E-state index contributed by atoms with van der Waals surface area (Å²) in [5.41, 5.74) is 0.445. The van der Waals surface area contributed by atoms with Gasteiger partial charge in [-0.1, -0.05) is 6.92 Å². The molecular formula is C14H22N2O3S. The molecule has 1 saturated heterocycles. The van der Waals surface area contributed by atoms with E-state index in [9.17, 15) is 4.79 Å². The lowest BCUT2D eigenvalue weighted by Crippen LogP contribution is -2.48. The number of anilines is 1. The molecule has 0 spiro atoms. The van der Waals surface area contributed by atoms with Crippen LogP contribution in [0.4, 0.5) is 5.13 Å². The number of thiazole rings is 1. The Bertz CT molecular complexity index is 475. The third-order valence-electron chi connectivity index (χ3n) is 3.44. The normalized spacial score (nSPS) is 22.9. The van der Waals surface area contributed by atoms with Gasteiger partial charge in [-0.2, -0.15) is 0 Å². The van der Waals surface area contributed by atoms with Gasteiger partial charge in [0.05, 0.1) is 25.4 Å². The van der Waals surface area contributed by atoms with E-state index in [1.165, 1.54) is 0 Å². The lowest BCUT2D eigenvalue weighted by atomic mass is 10.1. The number of aromatic nitrogens is 1. The number of carbonyl (C=O) groups excluding carboxylic acids is 1. The molecule has 2 rings (SSSR count). The molecule has 5 nitrogen and oxygen atoms in total. The van der Waals surface area contributed by atoms with Crippen molar-refractivity contribution in [2.75, 3.05) is 24.7 Å². The van der Waals surface area contributed by atoms with E-state index in [1.54, 1.807) is 18.3 Å². The molecule has 1 aliphatic rings. The van der Waals surface area contributed by atoms with E-state index >= 15 is 0 Å². The van der Waals surface area contributed by atoms with Crippen LogP contribution in [0.3, 0.4) is 0 Å². The maximum absolute atomic E-state index is 11.9. The standard InChI is InChI=1S/C14H22N2O3S/c1-5-11-8-19-9(3)7-16(11)14-15-12(10(4)20-14)13(17)18-6-2/h9,11H,5-8H2,1-4H3. The Kier molecular flexibility index (Phi) is 4.99. The van der Waals surface area contributed by atoms with Gasteiger partial charge in [-0.05, 0) is 27.2 Å². The van der Waals surface area contributed by atoms with Gasteiger partial charge >= 0.3 is 5.97 Å². The second-order valence-corrected chi connectivity index (χ2v) is 6.16. The zero-order valence-electron chi connectivity index (χ0n) is 12.5. The lowest BCUT2D eigenvalue weighted by molar-refractivity contribution is 0.0299. The number of carbonyl (C=O) groups is 1. The molecule has 1 aliphatic heterocycles. The van der Waals surface area contributed by atoms with Gasteiger partial charge < -0.3 is 14.4 Å². The Morgan fingerprint density at radius 2 is 2.30 bits per heavy atom. The molecule has 0 bridgehead atoms. The van der Waals surface area contributed by atoms with Crippen molar-refractivity contribution in [1.82, 2.24) is 4.98 Å². The molecule has 0 aliphatic carbocycles. The van der Waals surface area contributed by atoms with Crippen molar-refractivity contribution >= 4 is 22.4 Å². The Hall–Kier alpha value is -1.14. The quantitative estimate of drug-likeness (QED) is 0.800. The smallest absolute Gasteiger partial charge is 0.358 e. The molecule has 6 heteroatoms. The summed E-state index contributed by atoms with van der Waals surface area (Å²) in [6, 6.07) is 0.326. The van der Waals surface area contributed by atoms with Crippen LogP contribution >= 0.6 is 11.3 Å². The fourth-order valence-electron chi connectivity index (χ4n) is 2.31. The van der Waals surface area contributed by atoms with Crippen LogP contribution in [0.15, 0.2) is 0 Å². The highest BCUT2D eigenvalue weighted by Crippen LogP contribution is 2.30. The van der Waals surface area contributed by atoms with Crippen LogP contribution in [-0.4, -0.2) is 42.9 Å². The SMILES string of the molecule is CCOC(=O)c1nc(N2CC(C)OCC2CC)sc1C. The van der Waals surface area contributed by atoms with Crippen LogP contribution in [-0.2, 0) is 9.47 Å². The first-order valence-electron chi connectivity index (χ1n) is 7.09. The second-order valence-electron chi connectivity index (χ2n) is 4.98. The molecule has 0 aromatic carbocycles. The molecule has 2 heterocycles. The Morgan fingerprint density at radius 3 is 2.95 bits per heavy atom. The number of esters is 1. The fourth-order valence-corrected chi connectivity index (χ4v) is 3.29. The number of aryl methyl sites for hydroxylation is 1. The van der Waals surface area contributed by atoms with Gasteiger partial charge in [-0.25, -0.2) is 9.78 Å². The zero-order chi connectivity index (χ0) is 14.7. The first-order chi connectivity index (χ1) is 9.56. The van der Waals surface area contributed by atoms with E-state index in [0.29, 0.717) is 24.9 Å². The van der Waals surface area contributed by atoms with E-state index in [4.69, 9.17) is 9.47 Å².